The first-order chi connectivity index (χ1) is 5.15. The molecule has 1 aliphatic carbocycles. The Bertz CT molecular complexity index is 158. The van der Waals surface area contributed by atoms with E-state index in [1.165, 1.54) is 0 Å². The number of hydrogen-bond donors (Lipinski definition) is 0. The fraction of sp³-hybridized carbons (Fsp3) is 0.875. The maximum Gasteiger partial charge on any atom is 0.310 e. The summed E-state index contributed by atoms with van der Waals surface area (Å²) in [6.45, 7) is 3.88. The van der Waals surface area contributed by atoms with Gasteiger partial charge in [0.1, 0.15) is 0 Å². The predicted molar refractivity (Wildman–Crippen MR) is 43.6 cm³/mol. The van der Waals surface area contributed by atoms with Crippen LogP contribution in [0, 0.1) is 5.92 Å². The van der Waals surface area contributed by atoms with Crippen LogP contribution in [-0.2, 0) is 9.53 Å². The van der Waals surface area contributed by atoms with Crippen molar-refractivity contribution in [2.45, 2.75) is 38.2 Å². The average molecular weight is 177 g/mol. The molecule has 3 heteroatoms. The Morgan fingerprint density at radius 3 is 2.73 bits per heavy atom. The molecular formula is C8H13ClO2. The first-order valence-electron chi connectivity index (χ1n) is 3.99. The monoisotopic (exact) mass is 176 g/mol. The highest BCUT2D eigenvalue weighted by molar-refractivity contribution is 6.24. The molecule has 64 valence electrons. The largest absolute Gasteiger partial charge is 0.462 e. The molecule has 0 N–H and O–H groups in total. The van der Waals surface area contributed by atoms with E-state index >= 15 is 0 Å². The second-order valence-electron chi connectivity index (χ2n) is 3.01. The van der Waals surface area contributed by atoms with Crippen molar-refractivity contribution in [3.05, 3.63) is 0 Å². The summed E-state index contributed by atoms with van der Waals surface area (Å²) in [4.78, 5) is 11.1. The van der Waals surface area contributed by atoms with Crippen molar-refractivity contribution in [2.75, 3.05) is 0 Å². The number of rotatable bonds is 3. The van der Waals surface area contributed by atoms with Crippen molar-refractivity contribution in [2.24, 2.45) is 5.92 Å². The number of halogens is 1. The minimum atomic E-state index is -0.126. The third-order valence-electron chi connectivity index (χ3n) is 1.91. The minimum absolute atomic E-state index is 0.0225. The lowest BCUT2D eigenvalue weighted by Crippen LogP contribution is -2.15. The van der Waals surface area contributed by atoms with Crippen LogP contribution >= 0.6 is 11.6 Å². The van der Waals surface area contributed by atoms with E-state index in [9.17, 15) is 4.79 Å². The Morgan fingerprint density at radius 2 is 2.36 bits per heavy atom. The average Bonchev–Trinajstić information content (AvgIpc) is 2.66. The molecule has 0 bridgehead atoms. The van der Waals surface area contributed by atoms with Crippen molar-refractivity contribution in [3.63, 3.8) is 0 Å². The van der Waals surface area contributed by atoms with E-state index in [4.69, 9.17) is 16.3 Å². The Hall–Kier alpha value is -0.240. The normalized spacial score (nSPS) is 31.2. The molecular weight excluding hydrogens is 164 g/mol. The molecule has 0 spiro atoms. The van der Waals surface area contributed by atoms with E-state index in [0.29, 0.717) is 0 Å². The van der Waals surface area contributed by atoms with E-state index in [1.54, 1.807) is 0 Å². The first-order valence-corrected chi connectivity index (χ1v) is 4.43. The molecule has 0 radical (unpaired) electrons. The van der Waals surface area contributed by atoms with Crippen molar-refractivity contribution >= 4 is 17.6 Å². The zero-order valence-electron chi connectivity index (χ0n) is 6.84. The SMILES string of the molecule is CCC(C)OC(=O)C1CC1Cl. The highest BCUT2D eigenvalue weighted by Crippen LogP contribution is 2.37. The van der Waals surface area contributed by atoms with E-state index in [-0.39, 0.29) is 23.4 Å². The van der Waals surface area contributed by atoms with Crippen LogP contribution < -0.4 is 0 Å². The van der Waals surface area contributed by atoms with Gasteiger partial charge in [-0.15, -0.1) is 11.6 Å². The van der Waals surface area contributed by atoms with Gasteiger partial charge in [0.25, 0.3) is 0 Å². The van der Waals surface area contributed by atoms with Crippen LogP contribution in [0.3, 0.4) is 0 Å². The summed E-state index contributed by atoms with van der Waals surface area (Å²) in [6, 6.07) is 0. The standard InChI is InChI=1S/C8H13ClO2/c1-3-5(2)11-8(10)6-4-7(6)9/h5-7H,3-4H2,1-2H3. The molecule has 0 aromatic carbocycles. The molecule has 0 aliphatic heterocycles. The molecule has 1 rings (SSSR count). The second-order valence-corrected chi connectivity index (χ2v) is 3.57. The van der Waals surface area contributed by atoms with Gasteiger partial charge in [-0.25, -0.2) is 0 Å². The number of carbonyl (C=O) groups excluding carboxylic acids is 1. The topological polar surface area (TPSA) is 26.3 Å². The lowest BCUT2D eigenvalue weighted by atomic mass is 10.3. The molecule has 1 aliphatic rings. The Morgan fingerprint density at radius 1 is 1.82 bits per heavy atom. The minimum Gasteiger partial charge on any atom is -0.462 e. The van der Waals surface area contributed by atoms with Gasteiger partial charge in [-0.3, -0.25) is 4.79 Å². The van der Waals surface area contributed by atoms with Gasteiger partial charge < -0.3 is 4.74 Å². The number of ether oxygens (including phenoxy) is 1. The fourth-order valence-electron chi connectivity index (χ4n) is 0.777. The van der Waals surface area contributed by atoms with Crippen LogP contribution in [0.15, 0.2) is 0 Å². The van der Waals surface area contributed by atoms with Crippen LogP contribution in [0.5, 0.6) is 0 Å². The smallest absolute Gasteiger partial charge is 0.310 e. The van der Waals surface area contributed by atoms with Gasteiger partial charge in [-0.1, -0.05) is 6.92 Å². The van der Waals surface area contributed by atoms with Gasteiger partial charge in [-0.05, 0) is 19.8 Å². The lowest BCUT2D eigenvalue weighted by molar-refractivity contribution is -0.149. The van der Waals surface area contributed by atoms with Crippen molar-refractivity contribution in [1.29, 1.82) is 0 Å². The van der Waals surface area contributed by atoms with Gasteiger partial charge >= 0.3 is 5.97 Å². The summed E-state index contributed by atoms with van der Waals surface area (Å²) in [5.41, 5.74) is 0. The van der Waals surface area contributed by atoms with Gasteiger partial charge in [0.05, 0.1) is 12.0 Å². The van der Waals surface area contributed by atoms with Gasteiger partial charge in [0.2, 0.25) is 0 Å². The number of alkyl halides is 1. The molecule has 3 atom stereocenters. The third kappa shape index (κ3) is 2.37. The highest BCUT2D eigenvalue weighted by Gasteiger charge is 2.43. The Kier molecular flexibility index (Phi) is 2.77. The predicted octanol–water partition coefficient (Wildman–Crippen LogP) is 1.96. The molecule has 1 saturated carbocycles. The van der Waals surface area contributed by atoms with E-state index < -0.39 is 0 Å². The maximum atomic E-state index is 11.1. The summed E-state index contributed by atoms with van der Waals surface area (Å²) in [7, 11) is 0. The zero-order chi connectivity index (χ0) is 8.43. The molecule has 0 aromatic heterocycles. The van der Waals surface area contributed by atoms with Crippen LogP contribution in [0.4, 0.5) is 0 Å². The number of hydrogen-bond acceptors (Lipinski definition) is 2. The summed E-state index contributed by atoms with van der Waals surface area (Å²) in [5.74, 6) is -0.148. The molecule has 0 aromatic rings. The first kappa shape index (κ1) is 8.85. The molecule has 0 saturated heterocycles. The van der Waals surface area contributed by atoms with Gasteiger partial charge in [0, 0.05) is 5.38 Å². The van der Waals surface area contributed by atoms with E-state index in [2.05, 4.69) is 0 Å². The fourth-order valence-corrected chi connectivity index (χ4v) is 1.07. The Balaban J connectivity index is 2.21. The van der Waals surface area contributed by atoms with Crippen LogP contribution in [-0.4, -0.2) is 17.5 Å². The lowest BCUT2D eigenvalue weighted by Gasteiger charge is -2.09. The highest BCUT2D eigenvalue weighted by atomic mass is 35.5. The third-order valence-corrected chi connectivity index (χ3v) is 2.39. The number of esters is 1. The maximum absolute atomic E-state index is 11.1. The van der Waals surface area contributed by atoms with Crippen LogP contribution in [0.1, 0.15) is 26.7 Å². The van der Waals surface area contributed by atoms with Gasteiger partial charge in [-0.2, -0.15) is 0 Å². The second kappa shape index (κ2) is 3.44. The molecule has 2 nitrogen and oxygen atoms in total. The molecule has 0 heterocycles. The molecule has 11 heavy (non-hydrogen) atoms. The number of carbonyl (C=O) groups is 1. The van der Waals surface area contributed by atoms with Gasteiger partial charge in [0.15, 0.2) is 0 Å². The molecule has 1 fully saturated rings. The Labute approximate surface area is 71.9 Å². The van der Waals surface area contributed by atoms with Crippen molar-refractivity contribution < 1.29 is 9.53 Å². The van der Waals surface area contributed by atoms with E-state index in [1.807, 2.05) is 13.8 Å². The zero-order valence-corrected chi connectivity index (χ0v) is 7.60. The summed E-state index contributed by atoms with van der Waals surface area (Å²) in [6.07, 6.45) is 1.69. The van der Waals surface area contributed by atoms with E-state index in [0.717, 1.165) is 12.8 Å². The molecule has 0 amide bonds. The quantitative estimate of drug-likeness (QED) is 0.486. The van der Waals surface area contributed by atoms with Crippen LogP contribution in [0.25, 0.3) is 0 Å². The van der Waals surface area contributed by atoms with Crippen molar-refractivity contribution in [3.8, 4) is 0 Å². The summed E-state index contributed by atoms with van der Waals surface area (Å²) >= 11 is 5.67. The summed E-state index contributed by atoms with van der Waals surface area (Å²) in [5, 5.41) is 0.0338. The van der Waals surface area contributed by atoms with Crippen LogP contribution in [0.2, 0.25) is 0 Å². The summed E-state index contributed by atoms with van der Waals surface area (Å²) < 4.78 is 5.07. The van der Waals surface area contributed by atoms with Crippen molar-refractivity contribution in [1.82, 2.24) is 0 Å². The molecule has 3 unspecified atom stereocenters.